The highest BCUT2D eigenvalue weighted by Crippen LogP contribution is 2.21. The minimum absolute atomic E-state index is 0.0238. The first-order valence-corrected chi connectivity index (χ1v) is 10.9. The Kier molecular flexibility index (Phi) is 6.69. The van der Waals surface area contributed by atoms with Crippen LogP contribution in [0, 0.1) is 0 Å². The van der Waals surface area contributed by atoms with Crippen LogP contribution in [0.1, 0.15) is 37.6 Å². The van der Waals surface area contributed by atoms with Crippen LogP contribution in [0.4, 0.5) is 0 Å². The van der Waals surface area contributed by atoms with Crippen molar-refractivity contribution in [2.24, 2.45) is 5.73 Å². The molecule has 9 nitrogen and oxygen atoms in total. The Morgan fingerprint density at radius 1 is 1.09 bits per heavy atom. The van der Waals surface area contributed by atoms with Crippen LogP contribution >= 0.6 is 0 Å². The maximum atomic E-state index is 12.7. The van der Waals surface area contributed by atoms with Crippen molar-refractivity contribution in [1.82, 2.24) is 20.1 Å². The van der Waals surface area contributed by atoms with Gasteiger partial charge in [-0.1, -0.05) is 0 Å². The third-order valence-corrected chi connectivity index (χ3v) is 5.96. The maximum Gasteiger partial charge on any atom is 0.253 e. The zero-order valence-electron chi connectivity index (χ0n) is 18.5. The number of nitrogens with two attached hydrogens (primary N) is 1. The number of benzene rings is 1. The van der Waals surface area contributed by atoms with Crippen molar-refractivity contribution in [3.05, 3.63) is 70.8 Å². The van der Waals surface area contributed by atoms with E-state index < -0.39 is 0 Å². The van der Waals surface area contributed by atoms with E-state index in [9.17, 15) is 14.4 Å². The van der Waals surface area contributed by atoms with Crippen molar-refractivity contribution in [3.8, 4) is 5.75 Å². The average Bonchev–Trinajstić information content (AvgIpc) is 2.87. The van der Waals surface area contributed by atoms with Gasteiger partial charge in [-0.3, -0.25) is 24.3 Å². The molecule has 0 saturated carbocycles. The van der Waals surface area contributed by atoms with Crippen LogP contribution in [0.2, 0.25) is 0 Å². The molecule has 1 aromatic heterocycles. The highest BCUT2D eigenvalue weighted by Gasteiger charge is 2.31. The van der Waals surface area contributed by atoms with Crippen molar-refractivity contribution < 1.29 is 19.1 Å². The van der Waals surface area contributed by atoms with E-state index in [1.807, 2.05) is 4.90 Å². The highest BCUT2D eigenvalue weighted by atomic mass is 16.5. The minimum atomic E-state index is -0.377. The minimum Gasteiger partial charge on any atom is -0.497 e. The van der Waals surface area contributed by atoms with Crippen molar-refractivity contribution in [2.45, 2.75) is 6.42 Å². The average molecular weight is 450 g/mol. The Hall–Kier alpha value is -3.72. The molecule has 1 saturated heterocycles. The summed E-state index contributed by atoms with van der Waals surface area (Å²) in [5, 5.41) is 3.03. The van der Waals surface area contributed by atoms with Gasteiger partial charge in [0, 0.05) is 44.5 Å². The number of Topliss-reactive ketones (excluding diaryl/α,β-unsaturated/α-hetero) is 2. The molecule has 0 unspecified atom stereocenters. The van der Waals surface area contributed by atoms with Crippen molar-refractivity contribution in [3.63, 3.8) is 0 Å². The van der Waals surface area contributed by atoms with Crippen LogP contribution in [0.15, 0.2) is 54.0 Å². The molecule has 0 atom stereocenters. The van der Waals surface area contributed by atoms with Gasteiger partial charge in [0.2, 0.25) is 11.6 Å². The first-order valence-electron chi connectivity index (χ1n) is 10.9. The maximum absolute atomic E-state index is 12.7. The summed E-state index contributed by atoms with van der Waals surface area (Å²) >= 11 is 0. The van der Waals surface area contributed by atoms with E-state index in [4.69, 9.17) is 10.5 Å². The Labute approximate surface area is 192 Å². The van der Waals surface area contributed by atoms with Crippen molar-refractivity contribution >= 4 is 17.5 Å². The summed E-state index contributed by atoms with van der Waals surface area (Å²) in [4.78, 5) is 45.9. The summed E-state index contributed by atoms with van der Waals surface area (Å²) in [5.74, 6) is 0.0178. The van der Waals surface area contributed by atoms with Crippen LogP contribution < -0.4 is 15.8 Å². The molecular weight excluding hydrogens is 422 g/mol. The van der Waals surface area contributed by atoms with Gasteiger partial charge in [-0.25, -0.2) is 0 Å². The number of ketones is 2. The zero-order chi connectivity index (χ0) is 23.4. The van der Waals surface area contributed by atoms with Crippen LogP contribution in [0.5, 0.6) is 5.75 Å². The number of pyridine rings is 1. The molecule has 1 aliphatic heterocycles. The Morgan fingerprint density at radius 3 is 2.52 bits per heavy atom. The molecular formula is C24H27N5O4. The molecule has 2 heterocycles. The van der Waals surface area contributed by atoms with E-state index in [-0.39, 0.29) is 40.1 Å². The standard InChI is InChI=1S/C24H27N5O4/c1-33-17-7-5-16(6-8-17)24(32)29-14-12-28(13-15-29)11-3-10-27-21-19(25)22(30)18-4-2-9-26-20(18)23(21)31/h2,4-9,27H,3,10-15,25H2,1H3. The Bertz CT molecular complexity index is 1090. The Morgan fingerprint density at radius 2 is 1.82 bits per heavy atom. The molecule has 1 fully saturated rings. The number of hydrogen-bond donors (Lipinski definition) is 2. The number of carbonyl (C=O) groups is 3. The number of carbonyl (C=O) groups excluding carboxylic acids is 3. The van der Waals surface area contributed by atoms with Gasteiger partial charge < -0.3 is 20.7 Å². The quantitative estimate of drug-likeness (QED) is 0.603. The van der Waals surface area contributed by atoms with Gasteiger partial charge in [-0.15, -0.1) is 0 Å². The number of hydrogen-bond acceptors (Lipinski definition) is 8. The number of amides is 1. The molecule has 0 bridgehead atoms. The zero-order valence-corrected chi connectivity index (χ0v) is 18.5. The number of methoxy groups -OCH3 is 1. The van der Waals surface area contributed by atoms with Crippen molar-refractivity contribution in [1.29, 1.82) is 0 Å². The fourth-order valence-corrected chi connectivity index (χ4v) is 4.05. The van der Waals surface area contributed by atoms with Crippen LogP contribution in [-0.2, 0) is 0 Å². The number of allylic oxidation sites excluding steroid dienone is 2. The molecule has 33 heavy (non-hydrogen) atoms. The lowest BCUT2D eigenvalue weighted by molar-refractivity contribution is 0.0636. The fourth-order valence-electron chi connectivity index (χ4n) is 4.05. The van der Waals surface area contributed by atoms with Gasteiger partial charge in [0.15, 0.2) is 0 Å². The molecule has 2 aromatic rings. The summed E-state index contributed by atoms with van der Waals surface area (Å²) in [6, 6.07) is 10.3. The lowest BCUT2D eigenvalue weighted by Gasteiger charge is -2.34. The molecule has 3 N–H and O–H groups in total. The van der Waals surface area contributed by atoms with Crippen molar-refractivity contribution in [2.75, 3.05) is 46.4 Å². The summed E-state index contributed by atoms with van der Waals surface area (Å²) in [6.45, 7) is 4.19. The summed E-state index contributed by atoms with van der Waals surface area (Å²) in [5.41, 5.74) is 7.02. The van der Waals surface area contributed by atoms with Gasteiger partial charge in [-0.05, 0) is 49.4 Å². The SMILES string of the molecule is COc1ccc(C(=O)N2CCN(CCCNC3=C(N)C(=O)c4cccnc4C3=O)CC2)cc1. The number of ether oxygens (including phenoxy) is 1. The largest absolute Gasteiger partial charge is 0.497 e. The van der Waals surface area contributed by atoms with E-state index in [1.165, 1.54) is 6.20 Å². The third-order valence-electron chi connectivity index (χ3n) is 5.96. The van der Waals surface area contributed by atoms with Crippen LogP contribution in [0.3, 0.4) is 0 Å². The van der Waals surface area contributed by atoms with Gasteiger partial charge in [0.1, 0.15) is 22.8 Å². The monoisotopic (exact) mass is 449 g/mol. The fraction of sp³-hybridized carbons (Fsp3) is 0.333. The second-order valence-electron chi connectivity index (χ2n) is 7.99. The molecule has 9 heteroatoms. The molecule has 4 rings (SSSR count). The van der Waals surface area contributed by atoms with E-state index in [0.29, 0.717) is 25.2 Å². The molecule has 172 valence electrons. The predicted molar refractivity (Wildman–Crippen MR) is 122 cm³/mol. The van der Waals surface area contributed by atoms with E-state index in [2.05, 4.69) is 15.2 Å². The highest BCUT2D eigenvalue weighted by molar-refractivity contribution is 6.25. The topological polar surface area (TPSA) is 118 Å². The molecule has 0 radical (unpaired) electrons. The number of rotatable bonds is 7. The number of aromatic nitrogens is 1. The second-order valence-corrected chi connectivity index (χ2v) is 7.99. The number of nitrogens with zero attached hydrogens (tertiary/aromatic N) is 3. The normalized spacial score (nSPS) is 16.6. The van der Waals surface area contributed by atoms with Gasteiger partial charge in [0.05, 0.1) is 12.7 Å². The first kappa shape index (κ1) is 22.5. The summed E-state index contributed by atoms with van der Waals surface area (Å²) < 4.78 is 5.14. The summed E-state index contributed by atoms with van der Waals surface area (Å²) in [6.07, 6.45) is 2.25. The number of piperazine rings is 1. The van der Waals surface area contributed by atoms with Crippen LogP contribution in [-0.4, -0.2) is 78.6 Å². The predicted octanol–water partition coefficient (Wildman–Crippen LogP) is 1.08. The summed E-state index contributed by atoms with van der Waals surface area (Å²) in [7, 11) is 1.60. The van der Waals surface area contributed by atoms with Gasteiger partial charge in [-0.2, -0.15) is 0 Å². The van der Waals surface area contributed by atoms with Crippen LogP contribution in [0.25, 0.3) is 0 Å². The van der Waals surface area contributed by atoms with Gasteiger partial charge in [0.25, 0.3) is 5.91 Å². The number of nitrogens with one attached hydrogen (secondary N) is 1. The van der Waals surface area contributed by atoms with E-state index >= 15 is 0 Å². The molecule has 0 spiro atoms. The second kappa shape index (κ2) is 9.83. The lowest BCUT2D eigenvalue weighted by atomic mass is 9.95. The number of fused-ring (bicyclic) bond motifs is 1. The Balaban J connectivity index is 1.23. The molecule has 1 aliphatic carbocycles. The third kappa shape index (κ3) is 4.73. The molecule has 2 aliphatic rings. The molecule has 1 aromatic carbocycles. The molecule has 1 amide bonds. The van der Waals surface area contributed by atoms with E-state index in [0.717, 1.165) is 31.8 Å². The van der Waals surface area contributed by atoms with Gasteiger partial charge >= 0.3 is 0 Å². The first-order chi connectivity index (χ1) is 16.0. The van der Waals surface area contributed by atoms with E-state index in [1.54, 1.807) is 43.5 Å². The smallest absolute Gasteiger partial charge is 0.253 e. The lowest BCUT2D eigenvalue weighted by Crippen LogP contribution is -2.49.